The van der Waals surface area contributed by atoms with Crippen molar-refractivity contribution in [3.63, 3.8) is 0 Å². The van der Waals surface area contributed by atoms with Gasteiger partial charge in [-0.2, -0.15) is 0 Å². The molecule has 0 rings (SSSR count). The third-order valence-corrected chi connectivity index (χ3v) is 0.577. The summed E-state index contributed by atoms with van der Waals surface area (Å²) in [5.41, 5.74) is 0. The quantitative estimate of drug-likeness (QED) is 0.404. The molecule has 0 amide bonds. The van der Waals surface area contributed by atoms with Crippen LogP contribution in [0.15, 0.2) is 0 Å². The Balaban J connectivity index is 3.15. The zero-order valence-electron chi connectivity index (χ0n) is 5.62. The monoisotopic (exact) mass is 98.1 g/mol. The molecule has 0 aromatic carbocycles. The zero-order chi connectivity index (χ0) is 5.91. The molecule has 0 fully saturated rings. The highest BCUT2D eigenvalue weighted by Gasteiger charge is 2.07. The number of methoxy groups -OCH3 is 1. The molecule has 40 valence electrons. The fourth-order valence-corrected chi connectivity index (χ4v) is 0.433. The van der Waals surface area contributed by atoms with Gasteiger partial charge < -0.3 is 4.74 Å². The van der Waals surface area contributed by atoms with Crippen LogP contribution in [0.1, 0.15) is 6.92 Å². The smallest absolute Gasteiger partial charge is 0.102 e. The van der Waals surface area contributed by atoms with E-state index in [-0.39, 0.29) is 0 Å². The van der Waals surface area contributed by atoms with Crippen molar-refractivity contribution in [2.75, 3.05) is 13.7 Å². The lowest BCUT2D eigenvalue weighted by atomic mass is 9.56. The summed E-state index contributed by atoms with van der Waals surface area (Å²) in [6, 6.07) is 0. The highest BCUT2D eigenvalue weighted by Crippen LogP contribution is 2.11. The topological polar surface area (TPSA) is 9.23 Å². The molecular formula is C4H12B2O. The van der Waals surface area contributed by atoms with E-state index in [1.54, 1.807) is 7.11 Å². The largest absolute Gasteiger partial charge is 0.386 e. The van der Waals surface area contributed by atoms with E-state index in [4.69, 9.17) is 4.74 Å². The van der Waals surface area contributed by atoms with Gasteiger partial charge in [0, 0.05) is 13.7 Å². The van der Waals surface area contributed by atoms with Crippen molar-refractivity contribution in [2.45, 2.75) is 12.1 Å². The third-order valence-electron chi connectivity index (χ3n) is 0.577. The van der Waals surface area contributed by atoms with Crippen molar-refractivity contribution in [1.82, 2.24) is 0 Å². The molecule has 0 radical (unpaired) electrons. The van der Waals surface area contributed by atoms with E-state index in [0.717, 1.165) is 6.61 Å². The molecule has 3 heteroatoms. The SMILES string of the molecule is BC(B)(C)COC. The second-order valence-electron chi connectivity index (χ2n) is 2.99. The fourth-order valence-electron chi connectivity index (χ4n) is 0.433. The first-order valence-corrected chi connectivity index (χ1v) is 2.55. The van der Waals surface area contributed by atoms with Gasteiger partial charge in [-0.3, -0.25) is 0 Å². The number of hydrogen-bond acceptors (Lipinski definition) is 1. The van der Waals surface area contributed by atoms with E-state index in [1.165, 1.54) is 0 Å². The highest BCUT2D eigenvalue weighted by molar-refractivity contribution is 6.39. The van der Waals surface area contributed by atoms with E-state index in [0.29, 0.717) is 5.21 Å². The third kappa shape index (κ3) is 6.09. The molecule has 0 aliphatic carbocycles. The van der Waals surface area contributed by atoms with Gasteiger partial charge in [-0.25, -0.2) is 0 Å². The van der Waals surface area contributed by atoms with Crippen molar-refractivity contribution < 1.29 is 4.74 Å². The van der Waals surface area contributed by atoms with Crippen LogP contribution >= 0.6 is 0 Å². The summed E-state index contributed by atoms with van der Waals surface area (Å²) in [6.45, 7) is 2.99. The summed E-state index contributed by atoms with van der Waals surface area (Å²) in [5, 5.41) is 0.328. The predicted molar refractivity (Wildman–Crippen MR) is 37.3 cm³/mol. The van der Waals surface area contributed by atoms with Crippen molar-refractivity contribution >= 4 is 15.7 Å². The van der Waals surface area contributed by atoms with E-state index < -0.39 is 0 Å². The second-order valence-corrected chi connectivity index (χ2v) is 2.99. The molecule has 0 unspecified atom stereocenters. The minimum atomic E-state index is 0.328. The van der Waals surface area contributed by atoms with Gasteiger partial charge in [0.15, 0.2) is 0 Å². The lowest BCUT2D eigenvalue weighted by Crippen LogP contribution is -2.14. The Hall–Kier alpha value is 0.0899. The molecule has 0 N–H and O–H groups in total. The van der Waals surface area contributed by atoms with E-state index in [9.17, 15) is 0 Å². The van der Waals surface area contributed by atoms with Crippen LogP contribution in [0.5, 0.6) is 0 Å². The van der Waals surface area contributed by atoms with Gasteiger partial charge in [0.2, 0.25) is 0 Å². The molecule has 0 aromatic rings. The number of hydrogen-bond donors (Lipinski definition) is 0. The Morgan fingerprint density at radius 2 is 2.00 bits per heavy atom. The first-order valence-electron chi connectivity index (χ1n) is 2.55. The molecule has 7 heavy (non-hydrogen) atoms. The average molecular weight is 97.8 g/mol. The van der Waals surface area contributed by atoms with Gasteiger partial charge in [0.25, 0.3) is 0 Å². The second kappa shape index (κ2) is 2.41. The molecule has 0 bridgehead atoms. The maximum Gasteiger partial charge on any atom is 0.102 e. The van der Waals surface area contributed by atoms with Crippen LogP contribution in [0.3, 0.4) is 0 Å². The Bertz CT molecular complexity index is 48.1. The maximum absolute atomic E-state index is 4.91. The van der Waals surface area contributed by atoms with E-state index in [1.807, 2.05) is 0 Å². The van der Waals surface area contributed by atoms with Crippen LogP contribution in [0.4, 0.5) is 0 Å². The van der Waals surface area contributed by atoms with Crippen LogP contribution in [0.25, 0.3) is 0 Å². The van der Waals surface area contributed by atoms with Gasteiger partial charge in [0.05, 0.1) is 0 Å². The first kappa shape index (κ1) is 7.09. The first-order chi connectivity index (χ1) is 3.06. The van der Waals surface area contributed by atoms with Gasteiger partial charge in [-0.1, -0.05) is 12.1 Å². The Morgan fingerprint density at radius 3 is 2.00 bits per heavy atom. The van der Waals surface area contributed by atoms with Crippen molar-refractivity contribution in [3.8, 4) is 0 Å². The minimum absolute atomic E-state index is 0.328. The van der Waals surface area contributed by atoms with Gasteiger partial charge in [-0.05, 0) is 0 Å². The van der Waals surface area contributed by atoms with E-state index in [2.05, 4.69) is 22.6 Å². The number of rotatable bonds is 2. The van der Waals surface area contributed by atoms with E-state index >= 15 is 0 Å². The molecule has 0 aromatic heterocycles. The summed E-state index contributed by atoms with van der Waals surface area (Å²) < 4.78 is 4.91. The molecule has 0 saturated carbocycles. The van der Waals surface area contributed by atoms with Gasteiger partial charge in [0.1, 0.15) is 15.7 Å². The molecule has 0 heterocycles. The Kier molecular flexibility index (Phi) is 2.44. The summed E-state index contributed by atoms with van der Waals surface area (Å²) in [6.07, 6.45) is 0. The molecule has 0 spiro atoms. The van der Waals surface area contributed by atoms with Crippen molar-refractivity contribution in [3.05, 3.63) is 0 Å². The predicted octanol–water partition coefficient (Wildman–Crippen LogP) is -0.965. The zero-order valence-corrected chi connectivity index (χ0v) is 5.62. The lowest BCUT2D eigenvalue weighted by molar-refractivity contribution is 0.190. The average Bonchev–Trinajstić information content (AvgIpc) is 1.30. The number of ether oxygens (including phenoxy) is 1. The van der Waals surface area contributed by atoms with Crippen LogP contribution in [0, 0.1) is 0 Å². The highest BCUT2D eigenvalue weighted by atomic mass is 16.5. The van der Waals surface area contributed by atoms with Crippen LogP contribution in [-0.4, -0.2) is 29.4 Å². The van der Waals surface area contributed by atoms with Crippen LogP contribution < -0.4 is 0 Å². The molecule has 0 atom stereocenters. The standard InChI is InChI=1S/C4H12B2O/c1-4(5,6)3-7-2/h3,5-6H2,1-2H3. The lowest BCUT2D eigenvalue weighted by Gasteiger charge is -2.14. The summed E-state index contributed by atoms with van der Waals surface area (Å²) >= 11 is 0. The van der Waals surface area contributed by atoms with Gasteiger partial charge >= 0.3 is 0 Å². The Morgan fingerprint density at radius 1 is 1.57 bits per heavy atom. The molecule has 0 aliphatic heterocycles. The molecule has 0 aliphatic rings. The molecule has 0 saturated heterocycles. The summed E-state index contributed by atoms with van der Waals surface area (Å²) in [7, 11) is 6.03. The summed E-state index contributed by atoms with van der Waals surface area (Å²) in [5.74, 6) is 0. The van der Waals surface area contributed by atoms with Gasteiger partial charge in [-0.15, -0.1) is 0 Å². The van der Waals surface area contributed by atoms with Crippen molar-refractivity contribution in [1.29, 1.82) is 0 Å². The molecular weight excluding hydrogens is 85.7 g/mol. The Labute approximate surface area is 47.3 Å². The maximum atomic E-state index is 4.91. The van der Waals surface area contributed by atoms with Crippen LogP contribution in [0.2, 0.25) is 5.21 Å². The summed E-state index contributed by atoms with van der Waals surface area (Å²) in [4.78, 5) is 0. The van der Waals surface area contributed by atoms with Crippen LogP contribution in [-0.2, 0) is 4.74 Å². The minimum Gasteiger partial charge on any atom is -0.386 e. The fraction of sp³-hybridized carbons (Fsp3) is 1.00. The molecule has 1 nitrogen and oxygen atoms in total. The normalized spacial score (nSPS) is 11.7. The van der Waals surface area contributed by atoms with Crippen molar-refractivity contribution in [2.24, 2.45) is 0 Å².